The number of H-pyrrole nitrogens is 1. The second-order valence-corrected chi connectivity index (χ2v) is 5.76. The topological polar surface area (TPSA) is 52.5 Å². The van der Waals surface area contributed by atoms with E-state index in [0.717, 1.165) is 22.2 Å². The van der Waals surface area contributed by atoms with Gasteiger partial charge < -0.3 is 4.98 Å². The van der Waals surface area contributed by atoms with E-state index in [9.17, 15) is 5.26 Å². The van der Waals surface area contributed by atoms with Gasteiger partial charge in [0.15, 0.2) is 0 Å². The number of aromatic nitrogens is 2. The fourth-order valence-corrected chi connectivity index (χ4v) is 2.80. The summed E-state index contributed by atoms with van der Waals surface area (Å²) in [7, 11) is 0. The lowest BCUT2D eigenvalue weighted by Crippen LogP contribution is -1.85. The number of nitrogens with one attached hydrogen (secondary N) is 1. The van der Waals surface area contributed by atoms with Crippen molar-refractivity contribution in [1.82, 2.24) is 9.97 Å². The Morgan fingerprint density at radius 3 is 2.24 bits per heavy atom. The summed E-state index contributed by atoms with van der Waals surface area (Å²) < 4.78 is 0. The largest absolute Gasteiger partial charge is 0.337 e. The second-order valence-electron chi connectivity index (χ2n) is 5.76. The van der Waals surface area contributed by atoms with Gasteiger partial charge in [0.05, 0.1) is 16.6 Å². The van der Waals surface area contributed by atoms with Crippen LogP contribution in [-0.2, 0) is 0 Å². The molecule has 0 aliphatic rings. The zero-order valence-corrected chi connectivity index (χ0v) is 13.5. The first-order valence-electron chi connectivity index (χ1n) is 8.06. The number of allylic oxidation sites excluding steroid dienone is 1. The highest BCUT2D eigenvalue weighted by Crippen LogP contribution is 2.22. The standard InChI is InChI=1S/C22H15N3/c23-15-19(22-24-20-8-4-5-9-21(20)25-22)14-16-10-12-18(13-11-16)17-6-2-1-3-7-17/h1-14H,(H,24,25)/b19-14-. The van der Waals surface area contributed by atoms with Crippen LogP contribution in [0.25, 0.3) is 33.8 Å². The molecule has 4 rings (SSSR count). The first kappa shape index (κ1) is 14.9. The van der Waals surface area contributed by atoms with Crippen LogP contribution in [0.4, 0.5) is 0 Å². The van der Waals surface area contributed by atoms with Gasteiger partial charge in [0.1, 0.15) is 11.9 Å². The molecule has 0 aliphatic carbocycles. The predicted molar refractivity (Wildman–Crippen MR) is 101 cm³/mol. The summed E-state index contributed by atoms with van der Waals surface area (Å²) in [6, 6.07) is 28.4. The SMILES string of the molecule is N#C/C(=C/c1ccc(-c2ccccc2)cc1)c1nc2ccccc2[nH]1. The predicted octanol–water partition coefficient (Wildman–Crippen LogP) is 5.29. The number of fused-ring (bicyclic) bond motifs is 1. The molecule has 118 valence electrons. The zero-order valence-electron chi connectivity index (χ0n) is 13.5. The highest BCUT2D eigenvalue weighted by molar-refractivity contribution is 5.90. The van der Waals surface area contributed by atoms with Crippen molar-refractivity contribution in [3.05, 3.63) is 90.3 Å². The lowest BCUT2D eigenvalue weighted by atomic mass is 10.0. The van der Waals surface area contributed by atoms with Crippen LogP contribution in [0.5, 0.6) is 0 Å². The van der Waals surface area contributed by atoms with E-state index in [0.29, 0.717) is 11.4 Å². The van der Waals surface area contributed by atoms with Gasteiger partial charge in [0.2, 0.25) is 0 Å². The van der Waals surface area contributed by atoms with Crippen LogP contribution >= 0.6 is 0 Å². The van der Waals surface area contributed by atoms with Gasteiger partial charge >= 0.3 is 0 Å². The number of para-hydroxylation sites is 2. The van der Waals surface area contributed by atoms with E-state index in [-0.39, 0.29) is 0 Å². The third-order valence-electron chi connectivity index (χ3n) is 4.09. The highest BCUT2D eigenvalue weighted by Gasteiger charge is 2.07. The van der Waals surface area contributed by atoms with Gasteiger partial charge in [-0.2, -0.15) is 5.26 Å². The molecule has 0 saturated heterocycles. The molecule has 1 N–H and O–H groups in total. The van der Waals surface area contributed by atoms with E-state index >= 15 is 0 Å². The molecule has 0 radical (unpaired) electrons. The van der Waals surface area contributed by atoms with Crippen molar-refractivity contribution in [2.24, 2.45) is 0 Å². The number of benzene rings is 3. The maximum Gasteiger partial charge on any atom is 0.149 e. The molecule has 0 spiro atoms. The fourth-order valence-electron chi connectivity index (χ4n) is 2.80. The Hall–Kier alpha value is -3.64. The molecule has 3 nitrogen and oxygen atoms in total. The van der Waals surface area contributed by atoms with Crippen molar-refractivity contribution in [3.63, 3.8) is 0 Å². The Labute approximate surface area is 145 Å². The molecule has 0 saturated carbocycles. The number of nitrogens with zero attached hydrogens (tertiary/aromatic N) is 2. The molecule has 4 aromatic rings. The molecule has 3 heteroatoms. The number of rotatable bonds is 3. The highest BCUT2D eigenvalue weighted by atomic mass is 14.9. The number of hydrogen-bond donors (Lipinski definition) is 1. The second kappa shape index (κ2) is 6.46. The Morgan fingerprint density at radius 1 is 0.840 bits per heavy atom. The van der Waals surface area contributed by atoms with Crippen LogP contribution in [0.15, 0.2) is 78.9 Å². The Morgan fingerprint density at radius 2 is 1.52 bits per heavy atom. The molecular weight excluding hydrogens is 306 g/mol. The smallest absolute Gasteiger partial charge is 0.149 e. The first-order valence-corrected chi connectivity index (χ1v) is 8.06. The minimum Gasteiger partial charge on any atom is -0.337 e. The summed E-state index contributed by atoms with van der Waals surface area (Å²) in [4.78, 5) is 7.70. The lowest BCUT2D eigenvalue weighted by Gasteiger charge is -2.02. The minimum absolute atomic E-state index is 0.517. The van der Waals surface area contributed by atoms with Gasteiger partial charge in [-0.05, 0) is 34.9 Å². The summed E-state index contributed by atoms with van der Waals surface area (Å²) >= 11 is 0. The van der Waals surface area contributed by atoms with Gasteiger partial charge in [0.25, 0.3) is 0 Å². The number of aromatic amines is 1. The van der Waals surface area contributed by atoms with Crippen LogP contribution in [0.3, 0.4) is 0 Å². The molecule has 3 aromatic carbocycles. The summed E-state index contributed by atoms with van der Waals surface area (Å²) in [5, 5.41) is 9.52. The summed E-state index contributed by atoms with van der Waals surface area (Å²) in [6.07, 6.45) is 1.85. The third kappa shape index (κ3) is 3.06. The van der Waals surface area contributed by atoms with E-state index in [4.69, 9.17) is 0 Å². The molecule has 0 atom stereocenters. The van der Waals surface area contributed by atoms with E-state index in [1.54, 1.807) is 0 Å². The number of hydrogen-bond acceptors (Lipinski definition) is 2. The average molecular weight is 321 g/mol. The number of nitriles is 1. The van der Waals surface area contributed by atoms with Crippen molar-refractivity contribution in [2.45, 2.75) is 0 Å². The van der Waals surface area contributed by atoms with E-state index < -0.39 is 0 Å². The maximum absolute atomic E-state index is 9.52. The average Bonchev–Trinajstić information content (AvgIpc) is 3.11. The van der Waals surface area contributed by atoms with Crippen molar-refractivity contribution in [2.75, 3.05) is 0 Å². The molecule has 1 aromatic heterocycles. The zero-order chi connectivity index (χ0) is 17.1. The van der Waals surface area contributed by atoms with Crippen LogP contribution in [0.1, 0.15) is 11.4 Å². The monoisotopic (exact) mass is 321 g/mol. The van der Waals surface area contributed by atoms with Crippen molar-refractivity contribution in [3.8, 4) is 17.2 Å². The fraction of sp³-hybridized carbons (Fsp3) is 0. The molecular formula is C22H15N3. The Kier molecular flexibility index (Phi) is 3.86. The number of imidazole rings is 1. The molecule has 25 heavy (non-hydrogen) atoms. The van der Waals surface area contributed by atoms with Gasteiger partial charge in [-0.25, -0.2) is 4.98 Å². The van der Waals surface area contributed by atoms with Gasteiger partial charge in [-0.15, -0.1) is 0 Å². The van der Waals surface area contributed by atoms with Gasteiger partial charge in [-0.3, -0.25) is 0 Å². The molecule has 0 unspecified atom stereocenters. The molecule has 0 aliphatic heterocycles. The molecule has 0 fully saturated rings. The van der Waals surface area contributed by atoms with E-state index in [2.05, 4.69) is 40.3 Å². The third-order valence-corrected chi connectivity index (χ3v) is 4.09. The van der Waals surface area contributed by atoms with Gasteiger partial charge in [0, 0.05) is 0 Å². The Bertz CT molecular complexity index is 1050. The van der Waals surface area contributed by atoms with Crippen LogP contribution < -0.4 is 0 Å². The van der Waals surface area contributed by atoms with Gasteiger partial charge in [-0.1, -0.05) is 66.7 Å². The molecule has 0 bridgehead atoms. The van der Waals surface area contributed by atoms with E-state index in [1.807, 2.05) is 60.7 Å². The molecule has 1 heterocycles. The maximum atomic E-state index is 9.52. The normalized spacial score (nSPS) is 11.4. The van der Waals surface area contributed by atoms with Crippen molar-refractivity contribution in [1.29, 1.82) is 5.26 Å². The minimum atomic E-state index is 0.517. The summed E-state index contributed by atoms with van der Waals surface area (Å²) in [5.41, 5.74) is 5.60. The van der Waals surface area contributed by atoms with E-state index in [1.165, 1.54) is 5.56 Å². The molecule has 0 amide bonds. The lowest BCUT2D eigenvalue weighted by molar-refractivity contribution is 1.27. The summed E-state index contributed by atoms with van der Waals surface area (Å²) in [5.74, 6) is 0.593. The van der Waals surface area contributed by atoms with Crippen molar-refractivity contribution < 1.29 is 0 Å². The van der Waals surface area contributed by atoms with Crippen LogP contribution in [0.2, 0.25) is 0 Å². The van der Waals surface area contributed by atoms with Crippen LogP contribution in [-0.4, -0.2) is 9.97 Å². The Balaban J connectivity index is 1.67. The first-order chi connectivity index (χ1) is 12.3. The van der Waals surface area contributed by atoms with Crippen LogP contribution in [0, 0.1) is 11.3 Å². The van der Waals surface area contributed by atoms with Crippen molar-refractivity contribution >= 4 is 22.7 Å². The quantitative estimate of drug-likeness (QED) is 0.521. The summed E-state index contributed by atoms with van der Waals surface area (Å²) in [6.45, 7) is 0.